The van der Waals surface area contributed by atoms with E-state index in [2.05, 4.69) is 38.8 Å². The molecular formula is C19H26IN5S. The third kappa shape index (κ3) is 4.68. The van der Waals surface area contributed by atoms with Crippen molar-refractivity contribution >= 4 is 52.1 Å². The maximum atomic E-state index is 6.03. The molecule has 0 saturated carbocycles. The molecule has 1 aromatic carbocycles. The van der Waals surface area contributed by atoms with Crippen LogP contribution in [-0.4, -0.2) is 30.6 Å². The first-order valence-corrected chi connectivity index (χ1v) is 10.0. The Hall–Kier alpha value is -1.35. The number of aryl methyl sites for hydroxylation is 2. The maximum absolute atomic E-state index is 6.03. The van der Waals surface area contributed by atoms with Crippen molar-refractivity contribution in [2.24, 2.45) is 10.7 Å². The van der Waals surface area contributed by atoms with Crippen LogP contribution in [0.15, 0.2) is 28.6 Å². The minimum Gasteiger partial charge on any atom is -0.370 e. The molecule has 140 valence electrons. The van der Waals surface area contributed by atoms with Gasteiger partial charge in [0.25, 0.3) is 0 Å². The lowest BCUT2D eigenvalue weighted by atomic mass is 10.1. The van der Waals surface area contributed by atoms with Crippen LogP contribution in [0.4, 0.5) is 10.8 Å². The molecule has 1 saturated heterocycles. The van der Waals surface area contributed by atoms with Crippen molar-refractivity contribution < 1.29 is 0 Å². The van der Waals surface area contributed by atoms with Gasteiger partial charge in [-0.2, -0.15) is 0 Å². The van der Waals surface area contributed by atoms with E-state index < -0.39 is 0 Å². The Balaban J connectivity index is 0.00000196. The summed E-state index contributed by atoms with van der Waals surface area (Å²) in [6.07, 6.45) is 7.03. The van der Waals surface area contributed by atoms with E-state index in [0.29, 0.717) is 12.5 Å². The van der Waals surface area contributed by atoms with Gasteiger partial charge in [0, 0.05) is 37.1 Å². The summed E-state index contributed by atoms with van der Waals surface area (Å²) >= 11 is 1.74. The number of thiazole rings is 1. The Kier molecular flexibility index (Phi) is 6.74. The smallest absolute Gasteiger partial charge is 0.193 e. The Labute approximate surface area is 176 Å². The third-order valence-electron chi connectivity index (χ3n) is 4.94. The second kappa shape index (κ2) is 9.03. The maximum Gasteiger partial charge on any atom is 0.193 e. The monoisotopic (exact) mass is 483 g/mol. The fraction of sp³-hybridized carbons (Fsp3) is 0.474. The number of hydrogen-bond acceptors (Lipinski definition) is 4. The number of nitrogens with two attached hydrogens (primary N) is 1. The zero-order valence-corrected chi connectivity index (χ0v) is 18.1. The van der Waals surface area contributed by atoms with Crippen LogP contribution in [0.5, 0.6) is 0 Å². The molecule has 0 bridgehead atoms. The molecular weight excluding hydrogens is 457 g/mol. The summed E-state index contributed by atoms with van der Waals surface area (Å²) < 4.78 is 0. The topological polar surface area (TPSA) is 66.5 Å². The number of aliphatic imine (C=N–C) groups is 1. The van der Waals surface area contributed by atoms with Gasteiger partial charge in [0.15, 0.2) is 11.1 Å². The van der Waals surface area contributed by atoms with E-state index in [1.807, 2.05) is 0 Å². The highest BCUT2D eigenvalue weighted by atomic mass is 127. The van der Waals surface area contributed by atoms with Gasteiger partial charge in [0.05, 0.1) is 5.69 Å². The van der Waals surface area contributed by atoms with Crippen molar-refractivity contribution in [3.05, 3.63) is 40.4 Å². The highest BCUT2D eigenvalue weighted by Gasteiger charge is 2.15. The Morgan fingerprint density at radius 2 is 2.00 bits per heavy atom. The molecule has 0 spiro atoms. The molecule has 2 aromatic rings. The van der Waals surface area contributed by atoms with Crippen LogP contribution in [0.1, 0.15) is 36.1 Å². The molecule has 0 atom stereocenters. The van der Waals surface area contributed by atoms with Crippen LogP contribution in [0.25, 0.3) is 0 Å². The van der Waals surface area contributed by atoms with E-state index in [-0.39, 0.29) is 24.0 Å². The summed E-state index contributed by atoms with van der Waals surface area (Å²) in [5.74, 6) is 0.480. The minimum absolute atomic E-state index is 0. The number of fused-ring (bicyclic) bond motifs is 1. The summed E-state index contributed by atoms with van der Waals surface area (Å²) in [7, 11) is 0. The van der Waals surface area contributed by atoms with Gasteiger partial charge in [0.1, 0.15) is 0 Å². The Bertz CT molecular complexity index is 767. The number of anilines is 2. The summed E-state index contributed by atoms with van der Waals surface area (Å²) in [6.45, 7) is 2.94. The molecule has 2 aliphatic rings. The number of halogens is 1. The van der Waals surface area contributed by atoms with Crippen LogP contribution >= 0.6 is 35.3 Å². The molecule has 0 radical (unpaired) electrons. The second-order valence-electron chi connectivity index (χ2n) is 6.79. The summed E-state index contributed by atoms with van der Waals surface area (Å²) in [5, 5.41) is 6.51. The summed E-state index contributed by atoms with van der Waals surface area (Å²) in [5.41, 5.74) is 11.1. The fourth-order valence-corrected chi connectivity index (χ4v) is 4.51. The molecule has 0 unspecified atom stereocenters. The van der Waals surface area contributed by atoms with Crippen LogP contribution in [-0.2, 0) is 19.3 Å². The van der Waals surface area contributed by atoms with Crippen molar-refractivity contribution in [3.8, 4) is 0 Å². The van der Waals surface area contributed by atoms with Gasteiger partial charge < -0.3 is 16.0 Å². The predicted octanol–water partition coefficient (Wildman–Crippen LogP) is 3.82. The molecule has 1 aliphatic carbocycles. The first kappa shape index (κ1) is 19.4. The van der Waals surface area contributed by atoms with E-state index in [1.165, 1.54) is 43.2 Å². The molecule has 4 rings (SSSR count). The lowest BCUT2D eigenvalue weighted by Gasteiger charge is -2.12. The number of hydrogen-bond donors (Lipinski definition) is 2. The van der Waals surface area contributed by atoms with Gasteiger partial charge in [-0.25, -0.2) is 4.98 Å². The van der Waals surface area contributed by atoms with Crippen LogP contribution in [0.3, 0.4) is 0 Å². The van der Waals surface area contributed by atoms with Gasteiger partial charge in [-0.05, 0) is 55.4 Å². The average molecular weight is 483 g/mol. The van der Waals surface area contributed by atoms with E-state index in [4.69, 9.17) is 10.7 Å². The van der Waals surface area contributed by atoms with Crippen LogP contribution < -0.4 is 16.0 Å². The molecule has 0 amide bonds. The first-order chi connectivity index (χ1) is 12.3. The quantitative estimate of drug-likeness (QED) is 0.386. The summed E-state index contributed by atoms with van der Waals surface area (Å²) in [6, 6.07) is 6.50. The molecule has 3 N–H and O–H groups in total. The standard InChI is InChI=1S/C19H25N5S.HI/c20-18(22-16-7-6-14-4-3-5-15(14)12-16)21-9-8-17-13-25-19(23-17)24-10-1-2-11-24;/h6-7,12-13H,1-5,8-11H2,(H3,20,21,22);1H. The number of nitrogens with zero attached hydrogens (tertiary/aromatic N) is 3. The highest BCUT2D eigenvalue weighted by molar-refractivity contribution is 14.0. The number of benzene rings is 1. The molecule has 1 aromatic heterocycles. The first-order valence-electron chi connectivity index (χ1n) is 9.16. The molecule has 1 aliphatic heterocycles. The lowest BCUT2D eigenvalue weighted by Crippen LogP contribution is -2.23. The predicted molar refractivity (Wildman–Crippen MR) is 121 cm³/mol. The van der Waals surface area contributed by atoms with E-state index in [1.54, 1.807) is 11.3 Å². The molecule has 1 fully saturated rings. The number of guanidine groups is 1. The van der Waals surface area contributed by atoms with Gasteiger partial charge >= 0.3 is 0 Å². The van der Waals surface area contributed by atoms with E-state index in [0.717, 1.165) is 36.0 Å². The third-order valence-corrected chi connectivity index (χ3v) is 5.89. The number of aromatic nitrogens is 1. The minimum atomic E-state index is 0. The molecule has 7 heteroatoms. The average Bonchev–Trinajstić information content (AvgIpc) is 3.35. The SMILES string of the molecule is I.NC(=NCCc1csc(N2CCCC2)n1)Nc1ccc2c(c1)CCC2. The van der Waals surface area contributed by atoms with Crippen molar-refractivity contribution in [1.29, 1.82) is 0 Å². The van der Waals surface area contributed by atoms with Crippen molar-refractivity contribution in [1.82, 2.24) is 4.98 Å². The second-order valence-corrected chi connectivity index (χ2v) is 7.63. The molecule has 2 heterocycles. The van der Waals surface area contributed by atoms with Crippen molar-refractivity contribution in [3.63, 3.8) is 0 Å². The van der Waals surface area contributed by atoms with Gasteiger partial charge in [0.2, 0.25) is 0 Å². The molecule has 26 heavy (non-hydrogen) atoms. The zero-order chi connectivity index (χ0) is 17.1. The van der Waals surface area contributed by atoms with Gasteiger partial charge in [-0.3, -0.25) is 4.99 Å². The number of nitrogens with one attached hydrogen (secondary N) is 1. The highest BCUT2D eigenvalue weighted by Crippen LogP contribution is 2.25. The van der Waals surface area contributed by atoms with Gasteiger partial charge in [-0.1, -0.05) is 6.07 Å². The van der Waals surface area contributed by atoms with Crippen LogP contribution in [0.2, 0.25) is 0 Å². The van der Waals surface area contributed by atoms with E-state index >= 15 is 0 Å². The summed E-state index contributed by atoms with van der Waals surface area (Å²) in [4.78, 5) is 11.6. The van der Waals surface area contributed by atoms with E-state index in [9.17, 15) is 0 Å². The fourth-order valence-electron chi connectivity index (χ4n) is 3.59. The number of rotatable bonds is 5. The van der Waals surface area contributed by atoms with Gasteiger partial charge in [-0.15, -0.1) is 35.3 Å². The Morgan fingerprint density at radius 3 is 2.85 bits per heavy atom. The Morgan fingerprint density at radius 1 is 1.19 bits per heavy atom. The van der Waals surface area contributed by atoms with Crippen LogP contribution in [0, 0.1) is 0 Å². The molecule has 5 nitrogen and oxygen atoms in total. The van der Waals surface area contributed by atoms with Crippen molar-refractivity contribution in [2.45, 2.75) is 38.5 Å². The largest absolute Gasteiger partial charge is 0.370 e. The normalized spacial score (nSPS) is 16.5. The zero-order valence-electron chi connectivity index (χ0n) is 14.9. The lowest BCUT2D eigenvalue weighted by molar-refractivity contribution is 0.906. The van der Waals surface area contributed by atoms with Crippen molar-refractivity contribution in [2.75, 3.05) is 29.9 Å².